The molecule has 0 aromatic heterocycles. The minimum Gasteiger partial charge on any atom is -0.343 e. The third-order valence-electron chi connectivity index (χ3n) is 4.30. The Morgan fingerprint density at radius 1 is 1.00 bits per heavy atom. The van der Waals surface area contributed by atoms with Crippen molar-refractivity contribution in [2.75, 3.05) is 32.7 Å². The number of nitrogens with zero attached hydrogens (tertiary/aromatic N) is 2. The van der Waals surface area contributed by atoms with Gasteiger partial charge >= 0.3 is 0 Å². The summed E-state index contributed by atoms with van der Waals surface area (Å²) in [5.74, 6) is 0.308. The Labute approximate surface area is 135 Å². The van der Waals surface area contributed by atoms with Gasteiger partial charge in [0.2, 0.25) is 5.91 Å². The fourth-order valence-electron chi connectivity index (χ4n) is 3.21. The molecule has 0 bridgehead atoms. The Kier molecular flexibility index (Phi) is 10.6. The van der Waals surface area contributed by atoms with Crippen LogP contribution in [-0.2, 0) is 4.79 Å². The molecule has 0 saturated carbocycles. The quantitative estimate of drug-likeness (QED) is 0.860. The number of carbonyl (C=O) groups excluding carboxylic acids is 1. The van der Waals surface area contributed by atoms with E-state index in [1.54, 1.807) is 0 Å². The summed E-state index contributed by atoms with van der Waals surface area (Å²) in [6, 6.07) is 0.722. The first-order chi connectivity index (χ1) is 8.81. The number of carbonyl (C=O) groups is 1. The minimum absolute atomic E-state index is 0. The first-order valence-corrected chi connectivity index (χ1v) is 7.53. The van der Waals surface area contributed by atoms with Crippen LogP contribution in [0.5, 0.6) is 0 Å². The lowest BCUT2D eigenvalue weighted by Crippen LogP contribution is -2.35. The smallest absolute Gasteiger partial charge is 0.222 e. The number of hydrogen-bond acceptors (Lipinski definition) is 3. The number of halogens is 2. The van der Waals surface area contributed by atoms with Gasteiger partial charge < -0.3 is 15.5 Å². The highest BCUT2D eigenvalue weighted by Crippen LogP contribution is 2.21. The molecular weight excluding hydrogens is 297 g/mol. The van der Waals surface area contributed by atoms with Gasteiger partial charge in [0.05, 0.1) is 0 Å². The second-order valence-electron chi connectivity index (χ2n) is 5.60. The highest BCUT2D eigenvalue weighted by Gasteiger charge is 2.25. The van der Waals surface area contributed by atoms with Crippen molar-refractivity contribution in [1.29, 1.82) is 0 Å². The van der Waals surface area contributed by atoms with Crippen molar-refractivity contribution in [3.63, 3.8) is 0 Å². The first-order valence-electron chi connectivity index (χ1n) is 7.53. The molecule has 2 saturated heterocycles. The van der Waals surface area contributed by atoms with Gasteiger partial charge in [-0.05, 0) is 58.2 Å². The van der Waals surface area contributed by atoms with E-state index in [2.05, 4.69) is 9.80 Å². The molecule has 4 nitrogen and oxygen atoms in total. The third kappa shape index (κ3) is 5.76. The molecule has 6 heteroatoms. The van der Waals surface area contributed by atoms with Crippen LogP contribution in [0.2, 0.25) is 0 Å². The van der Waals surface area contributed by atoms with Crippen molar-refractivity contribution in [1.82, 2.24) is 9.80 Å². The molecule has 120 valence electrons. The Hall–Kier alpha value is -0.0300. The number of hydrogen-bond donors (Lipinski definition) is 1. The molecule has 2 aliphatic rings. The summed E-state index contributed by atoms with van der Waals surface area (Å²) in [6.45, 7) is 5.06. The van der Waals surface area contributed by atoms with Crippen molar-refractivity contribution < 1.29 is 4.79 Å². The number of nitrogens with two attached hydrogens (primary N) is 1. The van der Waals surface area contributed by atoms with Crippen LogP contribution in [0.15, 0.2) is 0 Å². The third-order valence-corrected chi connectivity index (χ3v) is 4.30. The summed E-state index contributed by atoms with van der Waals surface area (Å²) in [4.78, 5) is 16.7. The predicted octanol–water partition coefficient (Wildman–Crippen LogP) is 2.05. The van der Waals surface area contributed by atoms with Gasteiger partial charge in [-0.3, -0.25) is 4.79 Å². The van der Waals surface area contributed by atoms with Crippen molar-refractivity contribution in [2.24, 2.45) is 5.73 Å². The average molecular weight is 326 g/mol. The molecule has 2 fully saturated rings. The maximum Gasteiger partial charge on any atom is 0.222 e. The van der Waals surface area contributed by atoms with Crippen molar-refractivity contribution in [3.05, 3.63) is 0 Å². The number of likely N-dealkylation sites (tertiary alicyclic amines) is 2. The Morgan fingerprint density at radius 3 is 2.35 bits per heavy atom. The van der Waals surface area contributed by atoms with Gasteiger partial charge in [0.25, 0.3) is 0 Å². The van der Waals surface area contributed by atoms with Crippen LogP contribution in [0.1, 0.15) is 44.9 Å². The van der Waals surface area contributed by atoms with Gasteiger partial charge in [0.15, 0.2) is 0 Å². The van der Waals surface area contributed by atoms with Crippen molar-refractivity contribution in [3.8, 4) is 0 Å². The van der Waals surface area contributed by atoms with Crippen molar-refractivity contribution in [2.45, 2.75) is 51.0 Å². The molecule has 2 heterocycles. The molecule has 2 aliphatic heterocycles. The van der Waals surface area contributed by atoms with Gasteiger partial charge in [-0.25, -0.2) is 0 Å². The molecule has 2 N–H and O–H groups in total. The summed E-state index contributed by atoms with van der Waals surface area (Å²) < 4.78 is 0. The van der Waals surface area contributed by atoms with Gasteiger partial charge in [-0.1, -0.05) is 0 Å². The van der Waals surface area contributed by atoms with Crippen LogP contribution in [-0.4, -0.2) is 54.5 Å². The van der Waals surface area contributed by atoms with E-state index < -0.39 is 0 Å². The van der Waals surface area contributed by atoms with Crippen LogP contribution >= 0.6 is 24.8 Å². The summed E-state index contributed by atoms with van der Waals surface area (Å²) >= 11 is 0. The van der Waals surface area contributed by atoms with Gasteiger partial charge in [-0.15, -0.1) is 24.8 Å². The lowest BCUT2D eigenvalue weighted by atomic mass is 10.1. The number of amides is 1. The highest BCUT2D eigenvalue weighted by molar-refractivity contribution is 5.85. The fraction of sp³-hybridized carbons (Fsp3) is 0.929. The molecular formula is C14H29Cl2N3O. The van der Waals surface area contributed by atoms with Crippen LogP contribution < -0.4 is 5.73 Å². The Bertz CT molecular complexity index is 273. The van der Waals surface area contributed by atoms with E-state index >= 15 is 0 Å². The van der Waals surface area contributed by atoms with E-state index in [4.69, 9.17) is 5.73 Å². The highest BCUT2D eigenvalue weighted by atomic mass is 35.5. The van der Waals surface area contributed by atoms with Crippen LogP contribution in [0, 0.1) is 0 Å². The second-order valence-corrected chi connectivity index (χ2v) is 5.60. The summed E-state index contributed by atoms with van der Waals surface area (Å²) in [6.07, 6.45) is 7.76. The lowest BCUT2D eigenvalue weighted by Gasteiger charge is -2.26. The van der Waals surface area contributed by atoms with E-state index in [-0.39, 0.29) is 24.8 Å². The summed E-state index contributed by atoms with van der Waals surface area (Å²) in [5, 5.41) is 0. The van der Waals surface area contributed by atoms with Crippen molar-refractivity contribution >= 4 is 30.7 Å². The largest absolute Gasteiger partial charge is 0.343 e. The molecule has 0 aromatic carbocycles. The average Bonchev–Trinajstić information content (AvgIpc) is 2.80. The van der Waals surface area contributed by atoms with Gasteiger partial charge in [-0.2, -0.15) is 0 Å². The molecule has 1 unspecified atom stereocenters. The van der Waals surface area contributed by atoms with Gasteiger partial charge in [0, 0.05) is 25.6 Å². The zero-order valence-electron chi connectivity index (χ0n) is 12.3. The van der Waals surface area contributed by atoms with Crippen LogP contribution in [0.4, 0.5) is 0 Å². The predicted molar refractivity (Wildman–Crippen MR) is 87.8 cm³/mol. The molecule has 1 amide bonds. The molecule has 20 heavy (non-hydrogen) atoms. The van der Waals surface area contributed by atoms with Gasteiger partial charge in [0.1, 0.15) is 0 Å². The van der Waals surface area contributed by atoms with E-state index in [0.29, 0.717) is 18.9 Å². The normalized spacial score (nSPS) is 23.6. The monoisotopic (exact) mass is 325 g/mol. The first kappa shape index (κ1) is 20.0. The molecule has 0 aromatic rings. The zero-order valence-corrected chi connectivity index (χ0v) is 13.9. The Morgan fingerprint density at radius 2 is 1.70 bits per heavy atom. The topological polar surface area (TPSA) is 49.6 Å². The van der Waals surface area contributed by atoms with Crippen LogP contribution in [0.25, 0.3) is 0 Å². The fourth-order valence-corrected chi connectivity index (χ4v) is 3.21. The molecule has 1 atom stereocenters. The van der Waals surface area contributed by atoms with E-state index in [9.17, 15) is 4.79 Å². The standard InChI is InChI=1S/C14H27N3O.2ClH/c15-8-3-6-14(18)17-11-4-5-13(7-12-17)16-9-1-2-10-16;;/h13H,1-12,15H2;2*1H. The number of rotatable bonds is 4. The SMILES string of the molecule is Cl.Cl.NCCCC(=O)N1CCCC(N2CCCC2)CC1. The molecule has 2 rings (SSSR count). The maximum atomic E-state index is 12.0. The summed E-state index contributed by atoms with van der Waals surface area (Å²) in [5.41, 5.74) is 5.46. The Balaban J connectivity index is 0.00000180. The maximum absolute atomic E-state index is 12.0. The zero-order chi connectivity index (χ0) is 12.8. The van der Waals surface area contributed by atoms with Crippen LogP contribution in [0.3, 0.4) is 0 Å². The molecule has 0 aliphatic carbocycles. The van der Waals surface area contributed by atoms with E-state index in [1.807, 2.05) is 0 Å². The second kappa shape index (κ2) is 10.7. The van der Waals surface area contributed by atoms with E-state index in [0.717, 1.165) is 38.4 Å². The lowest BCUT2D eigenvalue weighted by molar-refractivity contribution is -0.131. The molecule has 0 spiro atoms. The van der Waals surface area contributed by atoms with E-state index in [1.165, 1.54) is 32.4 Å². The molecule has 0 radical (unpaired) electrons. The minimum atomic E-state index is 0. The summed E-state index contributed by atoms with van der Waals surface area (Å²) in [7, 11) is 0.